The maximum absolute atomic E-state index is 12.9. The van der Waals surface area contributed by atoms with Gasteiger partial charge in [-0.25, -0.2) is 4.39 Å². The van der Waals surface area contributed by atoms with Crippen LogP contribution in [0.15, 0.2) is 28.8 Å². The Balaban J connectivity index is 2.55. The van der Waals surface area contributed by atoms with Gasteiger partial charge < -0.3 is 10.3 Å². The van der Waals surface area contributed by atoms with Gasteiger partial charge in [-0.05, 0) is 19.1 Å². The van der Waals surface area contributed by atoms with Crippen molar-refractivity contribution in [2.75, 3.05) is 5.73 Å². The first-order valence-corrected chi connectivity index (χ1v) is 4.16. The van der Waals surface area contributed by atoms with Gasteiger partial charge in [0.2, 0.25) is 0 Å². The largest absolute Gasteiger partial charge is 0.394 e. The van der Waals surface area contributed by atoms with Crippen LogP contribution in [0.2, 0.25) is 0 Å². The lowest BCUT2D eigenvalue weighted by Gasteiger charge is -1.96. The van der Waals surface area contributed by atoms with Crippen molar-refractivity contribution in [3.63, 3.8) is 0 Å². The molecule has 0 radical (unpaired) electrons. The molecule has 0 unspecified atom stereocenters. The van der Waals surface area contributed by atoms with Crippen LogP contribution >= 0.6 is 0 Å². The number of halogens is 1. The van der Waals surface area contributed by atoms with Crippen molar-refractivity contribution in [1.82, 2.24) is 5.16 Å². The van der Waals surface area contributed by atoms with Gasteiger partial charge in [-0.1, -0.05) is 17.3 Å². The van der Waals surface area contributed by atoms with Crippen molar-refractivity contribution in [3.05, 3.63) is 35.8 Å². The molecule has 1 aromatic heterocycles. The van der Waals surface area contributed by atoms with Crippen molar-refractivity contribution in [1.29, 1.82) is 0 Å². The van der Waals surface area contributed by atoms with E-state index in [9.17, 15) is 4.39 Å². The van der Waals surface area contributed by atoms with Gasteiger partial charge in [0.1, 0.15) is 17.2 Å². The molecule has 2 aromatic rings. The van der Waals surface area contributed by atoms with Crippen molar-refractivity contribution in [2.24, 2.45) is 0 Å². The molecule has 0 bridgehead atoms. The molecule has 0 saturated carbocycles. The average molecular weight is 192 g/mol. The molecule has 14 heavy (non-hydrogen) atoms. The minimum Gasteiger partial charge on any atom is -0.394 e. The second-order valence-corrected chi connectivity index (χ2v) is 3.02. The summed E-state index contributed by atoms with van der Waals surface area (Å²) in [7, 11) is 0. The van der Waals surface area contributed by atoms with E-state index in [0.717, 1.165) is 0 Å². The summed E-state index contributed by atoms with van der Waals surface area (Å²) in [5.41, 5.74) is 7.38. The molecule has 0 spiro atoms. The first-order valence-electron chi connectivity index (χ1n) is 4.16. The van der Waals surface area contributed by atoms with Crippen molar-refractivity contribution in [2.45, 2.75) is 6.92 Å². The number of aromatic nitrogens is 1. The Morgan fingerprint density at radius 3 is 2.79 bits per heavy atom. The maximum Gasteiger partial charge on any atom is 0.190 e. The SMILES string of the molecule is Cc1noc(-c2cccc(F)c2)c1N. The van der Waals surface area contributed by atoms with Gasteiger partial charge in [0.05, 0.1) is 0 Å². The summed E-state index contributed by atoms with van der Waals surface area (Å²) >= 11 is 0. The maximum atomic E-state index is 12.9. The highest BCUT2D eigenvalue weighted by Gasteiger charge is 2.11. The Bertz CT molecular complexity index is 465. The monoisotopic (exact) mass is 192 g/mol. The second kappa shape index (κ2) is 3.14. The summed E-state index contributed by atoms with van der Waals surface area (Å²) in [5, 5.41) is 3.70. The summed E-state index contributed by atoms with van der Waals surface area (Å²) in [4.78, 5) is 0. The van der Waals surface area contributed by atoms with Crippen LogP contribution < -0.4 is 5.73 Å². The Hall–Kier alpha value is -1.84. The van der Waals surface area contributed by atoms with E-state index < -0.39 is 0 Å². The predicted octanol–water partition coefficient (Wildman–Crippen LogP) is 2.37. The van der Waals surface area contributed by atoms with Crippen molar-refractivity contribution in [3.8, 4) is 11.3 Å². The van der Waals surface area contributed by atoms with E-state index in [-0.39, 0.29) is 5.82 Å². The first kappa shape index (κ1) is 8.74. The van der Waals surface area contributed by atoms with E-state index in [4.69, 9.17) is 10.3 Å². The summed E-state index contributed by atoms with van der Waals surface area (Å²) in [6.07, 6.45) is 0. The number of hydrogen-bond acceptors (Lipinski definition) is 3. The van der Waals surface area contributed by atoms with Crippen LogP contribution in [0.3, 0.4) is 0 Å². The zero-order valence-corrected chi connectivity index (χ0v) is 7.62. The van der Waals surface area contributed by atoms with Gasteiger partial charge in [-0.3, -0.25) is 0 Å². The number of nitrogens with zero attached hydrogens (tertiary/aromatic N) is 1. The standard InChI is InChI=1S/C10H9FN2O/c1-6-9(12)10(14-13-6)7-3-2-4-8(11)5-7/h2-5H,12H2,1H3. The van der Waals surface area contributed by atoms with Gasteiger partial charge in [-0.2, -0.15) is 0 Å². The molecule has 0 aliphatic heterocycles. The van der Waals surface area contributed by atoms with Crippen LogP contribution in [0, 0.1) is 12.7 Å². The van der Waals surface area contributed by atoms with Crippen molar-refractivity contribution >= 4 is 5.69 Å². The number of hydrogen-bond donors (Lipinski definition) is 1. The van der Waals surface area contributed by atoms with Crippen LogP contribution in [0.1, 0.15) is 5.69 Å². The molecule has 2 N–H and O–H groups in total. The summed E-state index contributed by atoms with van der Waals surface area (Å²) in [6, 6.07) is 6.04. The average Bonchev–Trinajstić information content (AvgIpc) is 2.48. The third kappa shape index (κ3) is 1.35. The molecular formula is C10H9FN2O. The Labute approximate surface area is 80.3 Å². The van der Waals surface area contributed by atoms with Gasteiger partial charge in [0.15, 0.2) is 5.76 Å². The molecule has 0 fully saturated rings. The fraction of sp³-hybridized carbons (Fsp3) is 0.100. The normalized spacial score (nSPS) is 10.4. The number of aryl methyl sites for hydroxylation is 1. The molecule has 72 valence electrons. The van der Waals surface area contributed by atoms with Crippen LogP contribution in [0.4, 0.5) is 10.1 Å². The number of rotatable bonds is 1. The van der Waals surface area contributed by atoms with E-state index in [1.165, 1.54) is 12.1 Å². The quantitative estimate of drug-likeness (QED) is 0.754. The Morgan fingerprint density at radius 1 is 1.43 bits per heavy atom. The molecule has 2 rings (SSSR count). The Kier molecular flexibility index (Phi) is 1.96. The molecule has 0 aliphatic carbocycles. The molecule has 4 heteroatoms. The third-order valence-electron chi connectivity index (χ3n) is 2.00. The zero-order chi connectivity index (χ0) is 10.1. The summed E-state index contributed by atoms with van der Waals surface area (Å²) < 4.78 is 17.9. The highest BCUT2D eigenvalue weighted by atomic mass is 19.1. The zero-order valence-electron chi connectivity index (χ0n) is 7.62. The number of nitrogens with two attached hydrogens (primary N) is 1. The van der Waals surface area contributed by atoms with Gasteiger partial charge in [-0.15, -0.1) is 0 Å². The van der Waals surface area contributed by atoms with Crippen LogP contribution in [0.5, 0.6) is 0 Å². The molecule has 3 nitrogen and oxygen atoms in total. The number of anilines is 1. The minimum atomic E-state index is -0.323. The van der Waals surface area contributed by atoms with Crippen LogP contribution in [-0.2, 0) is 0 Å². The lowest BCUT2D eigenvalue weighted by atomic mass is 10.1. The predicted molar refractivity (Wildman–Crippen MR) is 51.0 cm³/mol. The lowest BCUT2D eigenvalue weighted by Crippen LogP contribution is -1.88. The molecule has 0 aliphatic rings. The lowest BCUT2D eigenvalue weighted by molar-refractivity contribution is 0.427. The van der Waals surface area contributed by atoms with E-state index in [2.05, 4.69) is 5.16 Å². The van der Waals surface area contributed by atoms with Crippen molar-refractivity contribution < 1.29 is 8.91 Å². The van der Waals surface area contributed by atoms with E-state index in [1.807, 2.05) is 0 Å². The highest BCUT2D eigenvalue weighted by molar-refractivity contribution is 5.71. The first-order chi connectivity index (χ1) is 6.68. The van der Waals surface area contributed by atoms with E-state index in [1.54, 1.807) is 19.1 Å². The second-order valence-electron chi connectivity index (χ2n) is 3.02. The molecule has 0 amide bonds. The van der Waals surface area contributed by atoms with Crippen LogP contribution in [0.25, 0.3) is 11.3 Å². The smallest absolute Gasteiger partial charge is 0.190 e. The number of benzene rings is 1. The molecule has 0 saturated heterocycles. The Morgan fingerprint density at radius 2 is 2.21 bits per heavy atom. The fourth-order valence-corrected chi connectivity index (χ4v) is 1.21. The van der Waals surface area contributed by atoms with Gasteiger partial charge in [0.25, 0.3) is 0 Å². The van der Waals surface area contributed by atoms with E-state index in [0.29, 0.717) is 22.7 Å². The molecule has 0 atom stereocenters. The molecule has 1 heterocycles. The van der Waals surface area contributed by atoms with Gasteiger partial charge in [0, 0.05) is 5.56 Å². The summed E-state index contributed by atoms with van der Waals surface area (Å²) in [6.45, 7) is 1.74. The third-order valence-corrected chi connectivity index (χ3v) is 2.00. The topological polar surface area (TPSA) is 52.0 Å². The van der Waals surface area contributed by atoms with Gasteiger partial charge >= 0.3 is 0 Å². The fourth-order valence-electron chi connectivity index (χ4n) is 1.21. The molecular weight excluding hydrogens is 183 g/mol. The summed E-state index contributed by atoms with van der Waals surface area (Å²) in [5.74, 6) is 0.0953. The minimum absolute atomic E-state index is 0.323. The van der Waals surface area contributed by atoms with Crippen LogP contribution in [-0.4, -0.2) is 5.16 Å². The number of nitrogen functional groups attached to an aromatic ring is 1. The van der Waals surface area contributed by atoms with E-state index >= 15 is 0 Å². The highest BCUT2D eigenvalue weighted by Crippen LogP contribution is 2.28. The molecule has 1 aromatic carbocycles.